The Morgan fingerprint density at radius 1 is 1.24 bits per heavy atom. The van der Waals surface area contributed by atoms with Crippen molar-refractivity contribution in [1.82, 2.24) is 10.2 Å². The van der Waals surface area contributed by atoms with Crippen LogP contribution in [0.3, 0.4) is 0 Å². The van der Waals surface area contributed by atoms with Crippen molar-refractivity contribution in [3.63, 3.8) is 0 Å². The van der Waals surface area contributed by atoms with Gasteiger partial charge in [0.15, 0.2) is 0 Å². The summed E-state index contributed by atoms with van der Waals surface area (Å²) in [4.78, 5) is 26.2. The van der Waals surface area contributed by atoms with Crippen LogP contribution in [0.1, 0.15) is 26.3 Å². The van der Waals surface area contributed by atoms with E-state index in [0.29, 0.717) is 16.6 Å². The van der Waals surface area contributed by atoms with Crippen molar-refractivity contribution >= 4 is 35.0 Å². The number of nitrogens with zero attached hydrogens (tertiary/aromatic N) is 1. The van der Waals surface area contributed by atoms with Crippen molar-refractivity contribution < 1.29 is 9.59 Å². The number of hydrogen-bond acceptors (Lipinski definition) is 2. The summed E-state index contributed by atoms with van der Waals surface area (Å²) in [7, 11) is 0. The first kappa shape index (κ1) is 16.1. The molecule has 2 rings (SSSR count). The molecule has 1 saturated heterocycles. The van der Waals surface area contributed by atoms with Crippen molar-refractivity contribution in [2.75, 3.05) is 0 Å². The molecule has 21 heavy (non-hydrogen) atoms. The molecule has 1 aliphatic heterocycles. The zero-order valence-corrected chi connectivity index (χ0v) is 13.7. The molecular weight excluding hydrogens is 311 g/mol. The van der Waals surface area contributed by atoms with Crippen LogP contribution in [-0.2, 0) is 16.1 Å². The molecular formula is C15H18Cl2N2O2. The predicted octanol–water partition coefficient (Wildman–Crippen LogP) is 2.86. The zero-order chi connectivity index (χ0) is 15.7. The first-order chi connectivity index (χ1) is 9.81. The van der Waals surface area contributed by atoms with E-state index in [2.05, 4.69) is 5.32 Å². The summed E-state index contributed by atoms with van der Waals surface area (Å²) in [5, 5.41) is 3.63. The second-order valence-corrected chi connectivity index (χ2v) is 6.45. The summed E-state index contributed by atoms with van der Waals surface area (Å²) in [5.74, 6) is -0.166. The van der Waals surface area contributed by atoms with E-state index >= 15 is 0 Å². The van der Waals surface area contributed by atoms with Crippen LogP contribution in [-0.4, -0.2) is 28.8 Å². The second-order valence-electron chi connectivity index (χ2n) is 5.63. The Labute approximate surface area is 134 Å². The largest absolute Gasteiger partial charge is 0.343 e. The Morgan fingerprint density at radius 3 is 2.48 bits per heavy atom. The molecule has 1 aliphatic rings. The summed E-state index contributed by atoms with van der Waals surface area (Å²) >= 11 is 11.9. The maximum absolute atomic E-state index is 12.4. The monoisotopic (exact) mass is 328 g/mol. The van der Waals surface area contributed by atoms with Gasteiger partial charge < -0.3 is 10.2 Å². The molecule has 0 saturated carbocycles. The Bertz CT molecular complexity index is 575. The lowest BCUT2D eigenvalue weighted by atomic mass is 9.96. The van der Waals surface area contributed by atoms with E-state index in [4.69, 9.17) is 23.2 Å². The SMILES string of the molecule is CC1NC(=O)C(C(C)C)N(Cc2ccc(Cl)c(Cl)c2)C1=O. The minimum Gasteiger partial charge on any atom is -0.343 e. The standard InChI is InChI=1S/C15H18Cl2N2O2/c1-8(2)13-14(20)18-9(3)15(21)19(13)7-10-4-5-11(16)12(17)6-10/h4-6,8-9,13H,7H2,1-3H3,(H,18,20). The normalized spacial score (nSPS) is 22.7. The highest BCUT2D eigenvalue weighted by molar-refractivity contribution is 6.42. The quantitative estimate of drug-likeness (QED) is 0.927. The van der Waals surface area contributed by atoms with Crippen LogP contribution < -0.4 is 5.32 Å². The van der Waals surface area contributed by atoms with Crippen molar-refractivity contribution in [1.29, 1.82) is 0 Å². The first-order valence-electron chi connectivity index (χ1n) is 6.86. The number of nitrogens with one attached hydrogen (secondary N) is 1. The van der Waals surface area contributed by atoms with Gasteiger partial charge >= 0.3 is 0 Å². The summed E-state index contributed by atoms with van der Waals surface area (Å²) < 4.78 is 0. The van der Waals surface area contributed by atoms with E-state index in [0.717, 1.165) is 5.56 Å². The molecule has 4 nitrogen and oxygen atoms in total. The van der Waals surface area contributed by atoms with Crippen LogP contribution in [0.25, 0.3) is 0 Å². The Hall–Kier alpha value is -1.26. The third-order valence-electron chi connectivity index (χ3n) is 3.59. The van der Waals surface area contributed by atoms with E-state index in [-0.39, 0.29) is 17.7 Å². The maximum atomic E-state index is 12.4. The molecule has 0 radical (unpaired) electrons. The highest BCUT2D eigenvalue weighted by Crippen LogP contribution is 2.25. The van der Waals surface area contributed by atoms with Crippen LogP contribution in [0, 0.1) is 5.92 Å². The fraction of sp³-hybridized carbons (Fsp3) is 0.467. The van der Waals surface area contributed by atoms with Gasteiger partial charge in [0, 0.05) is 6.54 Å². The van der Waals surface area contributed by atoms with Gasteiger partial charge in [-0.05, 0) is 30.5 Å². The topological polar surface area (TPSA) is 49.4 Å². The molecule has 1 heterocycles. The molecule has 2 unspecified atom stereocenters. The fourth-order valence-corrected chi connectivity index (χ4v) is 2.88. The lowest BCUT2D eigenvalue weighted by Gasteiger charge is -2.40. The summed E-state index contributed by atoms with van der Waals surface area (Å²) in [6.07, 6.45) is 0. The zero-order valence-electron chi connectivity index (χ0n) is 12.2. The van der Waals surface area contributed by atoms with E-state index in [1.807, 2.05) is 19.9 Å². The van der Waals surface area contributed by atoms with Crippen LogP contribution in [0.4, 0.5) is 0 Å². The van der Waals surface area contributed by atoms with E-state index in [1.54, 1.807) is 24.0 Å². The van der Waals surface area contributed by atoms with Crippen LogP contribution in [0.2, 0.25) is 10.0 Å². The van der Waals surface area contributed by atoms with Crippen LogP contribution in [0.15, 0.2) is 18.2 Å². The average molecular weight is 329 g/mol. The summed E-state index contributed by atoms with van der Waals surface area (Å²) in [6.45, 7) is 5.89. The Balaban J connectivity index is 2.30. The van der Waals surface area contributed by atoms with Gasteiger partial charge in [0.05, 0.1) is 10.0 Å². The van der Waals surface area contributed by atoms with Crippen LogP contribution in [0.5, 0.6) is 0 Å². The minimum absolute atomic E-state index is 0.0317. The van der Waals surface area contributed by atoms with Crippen molar-refractivity contribution in [3.8, 4) is 0 Å². The third kappa shape index (κ3) is 3.33. The van der Waals surface area contributed by atoms with Gasteiger partial charge in [0.2, 0.25) is 11.8 Å². The third-order valence-corrected chi connectivity index (χ3v) is 4.32. The fourth-order valence-electron chi connectivity index (χ4n) is 2.56. The molecule has 0 aromatic heterocycles. The number of benzene rings is 1. The number of hydrogen-bond donors (Lipinski definition) is 1. The van der Waals surface area contributed by atoms with Gasteiger partial charge in [-0.25, -0.2) is 0 Å². The molecule has 1 aromatic rings. The van der Waals surface area contributed by atoms with E-state index in [1.165, 1.54) is 0 Å². The number of carbonyl (C=O) groups is 2. The number of carbonyl (C=O) groups excluding carboxylic acids is 2. The van der Waals surface area contributed by atoms with Crippen molar-refractivity contribution in [2.24, 2.45) is 5.92 Å². The summed E-state index contributed by atoms with van der Waals surface area (Å²) in [5.41, 5.74) is 0.852. The number of piperazine rings is 1. The lowest BCUT2D eigenvalue weighted by Crippen LogP contribution is -2.63. The highest BCUT2D eigenvalue weighted by atomic mass is 35.5. The maximum Gasteiger partial charge on any atom is 0.245 e. The smallest absolute Gasteiger partial charge is 0.245 e. The van der Waals surface area contributed by atoms with Crippen LogP contribution >= 0.6 is 23.2 Å². The van der Waals surface area contributed by atoms with Crippen molar-refractivity contribution in [3.05, 3.63) is 33.8 Å². The van der Waals surface area contributed by atoms with E-state index in [9.17, 15) is 9.59 Å². The van der Waals surface area contributed by atoms with Gasteiger partial charge in [0.25, 0.3) is 0 Å². The predicted molar refractivity (Wildman–Crippen MR) is 83.2 cm³/mol. The second kappa shape index (κ2) is 6.24. The van der Waals surface area contributed by atoms with Gasteiger partial charge in [0.1, 0.15) is 12.1 Å². The van der Waals surface area contributed by atoms with Gasteiger partial charge in [-0.15, -0.1) is 0 Å². The number of halogens is 2. The molecule has 114 valence electrons. The molecule has 1 fully saturated rings. The van der Waals surface area contributed by atoms with Gasteiger partial charge in [-0.3, -0.25) is 9.59 Å². The molecule has 2 atom stereocenters. The van der Waals surface area contributed by atoms with E-state index < -0.39 is 12.1 Å². The molecule has 2 amide bonds. The number of amides is 2. The molecule has 1 aromatic carbocycles. The molecule has 1 N–H and O–H groups in total. The molecule has 0 bridgehead atoms. The number of rotatable bonds is 3. The highest BCUT2D eigenvalue weighted by Gasteiger charge is 2.40. The Kier molecular flexibility index (Phi) is 4.79. The molecule has 6 heteroatoms. The molecule has 0 aliphatic carbocycles. The first-order valence-corrected chi connectivity index (χ1v) is 7.61. The Morgan fingerprint density at radius 2 is 1.90 bits per heavy atom. The summed E-state index contributed by atoms with van der Waals surface area (Å²) in [6, 6.07) is 4.27. The minimum atomic E-state index is -0.504. The van der Waals surface area contributed by atoms with Gasteiger partial charge in [-0.2, -0.15) is 0 Å². The lowest BCUT2D eigenvalue weighted by molar-refractivity contribution is -0.151. The van der Waals surface area contributed by atoms with Gasteiger partial charge in [-0.1, -0.05) is 43.1 Å². The van der Waals surface area contributed by atoms with Crippen molar-refractivity contribution in [2.45, 2.75) is 39.4 Å². The molecule has 0 spiro atoms. The average Bonchev–Trinajstić information content (AvgIpc) is 2.39.